The van der Waals surface area contributed by atoms with Crippen molar-refractivity contribution in [2.75, 3.05) is 0 Å². The van der Waals surface area contributed by atoms with Crippen LogP contribution in [0.1, 0.15) is 12.5 Å². The van der Waals surface area contributed by atoms with Crippen molar-refractivity contribution in [3.63, 3.8) is 0 Å². The van der Waals surface area contributed by atoms with E-state index in [1.807, 2.05) is 0 Å². The highest BCUT2D eigenvalue weighted by atomic mass is 79.9. The number of alkyl halides is 3. The Bertz CT molecular complexity index is 467. The van der Waals surface area contributed by atoms with E-state index in [1.165, 1.54) is 0 Å². The third-order valence-electron chi connectivity index (χ3n) is 1.91. The summed E-state index contributed by atoms with van der Waals surface area (Å²) >= 11 is 2.80. The summed E-state index contributed by atoms with van der Waals surface area (Å²) in [5.74, 6) is -1.06. The van der Waals surface area contributed by atoms with Gasteiger partial charge in [-0.15, -0.1) is 0 Å². The van der Waals surface area contributed by atoms with E-state index in [-0.39, 0.29) is 15.8 Å². The Morgan fingerprint density at radius 1 is 1.41 bits per heavy atom. The second-order valence-electron chi connectivity index (χ2n) is 3.18. The van der Waals surface area contributed by atoms with Crippen molar-refractivity contribution in [2.45, 2.75) is 19.2 Å². The zero-order valence-electron chi connectivity index (χ0n) is 8.48. The Morgan fingerprint density at radius 3 is 2.47 bits per heavy atom. The van der Waals surface area contributed by atoms with Gasteiger partial charge in [0.15, 0.2) is 6.10 Å². The molecule has 1 atom stereocenters. The minimum absolute atomic E-state index is 0.0686. The molecule has 0 aliphatic carbocycles. The van der Waals surface area contributed by atoms with Crippen LogP contribution in [0.5, 0.6) is 5.75 Å². The van der Waals surface area contributed by atoms with E-state index in [2.05, 4.69) is 20.7 Å². The SMILES string of the molecule is C[C@H](Oc1cc(Br)c(F)cc1C#N)C(F)(F)F. The molecule has 0 N–H and O–H groups in total. The summed E-state index contributed by atoms with van der Waals surface area (Å²) in [5.41, 5.74) is -0.290. The van der Waals surface area contributed by atoms with Crippen LogP contribution in [-0.4, -0.2) is 12.3 Å². The van der Waals surface area contributed by atoms with Gasteiger partial charge in [-0.2, -0.15) is 18.4 Å². The number of hydrogen-bond acceptors (Lipinski definition) is 2. The smallest absolute Gasteiger partial charge is 0.425 e. The second kappa shape index (κ2) is 4.92. The molecule has 0 aromatic heterocycles. The first-order chi connectivity index (χ1) is 7.75. The van der Waals surface area contributed by atoms with E-state index < -0.39 is 18.1 Å². The Balaban J connectivity index is 3.07. The van der Waals surface area contributed by atoms with Gasteiger partial charge in [-0.25, -0.2) is 4.39 Å². The van der Waals surface area contributed by atoms with Crippen LogP contribution in [0, 0.1) is 17.1 Å². The maximum absolute atomic E-state index is 13.0. The number of benzene rings is 1. The summed E-state index contributed by atoms with van der Waals surface area (Å²) in [6, 6.07) is 3.37. The van der Waals surface area contributed by atoms with Crippen LogP contribution >= 0.6 is 15.9 Å². The zero-order valence-corrected chi connectivity index (χ0v) is 10.1. The summed E-state index contributed by atoms with van der Waals surface area (Å²) < 4.78 is 54.3. The van der Waals surface area contributed by atoms with Gasteiger partial charge >= 0.3 is 6.18 Å². The molecule has 2 nitrogen and oxygen atoms in total. The van der Waals surface area contributed by atoms with Gasteiger partial charge in [-0.05, 0) is 35.0 Å². The monoisotopic (exact) mass is 311 g/mol. The Kier molecular flexibility index (Phi) is 3.98. The van der Waals surface area contributed by atoms with Crippen LogP contribution < -0.4 is 4.74 Å². The van der Waals surface area contributed by atoms with Gasteiger partial charge in [0.05, 0.1) is 10.0 Å². The molecule has 0 unspecified atom stereocenters. The molecule has 0 saturated carbocycles. The molecule has 0 heterocycles. The molecule has 0 fully saturated rings. The fourth-order valence-corrected chi connectivity index (χ4v) is 1.29. The molecule has 7 heteroatoms. The van der Waals surface area contributed by atoms with Crippen molar-refractivity contribution in [3.05, 3.63) is 28.0 Å². The first-order valence-corrected chi connectivity index (χ1v) is 5.17. The molecule has 0 saturated heterocycles. The van der Waals surface area contributed by atoms with E-state index >= 15 is 0 Å². The van der Waals surface area contributed by atoms with E-state index in [0.29, 0.717) is 0 Å². The number of hydrogen-bond donors (Lipinski definition) is 0. The maximum atomic E-state index is 13.0. The van der Waals surface area contributed by atoms with Crippen molar-refractivity contribution >= 4 is 15.9 Å². The fourth-order valence-electron chi connectivity index (χ4n) is 0.971. The van der Waals surface area contributed by atoms with Crippen molar-refractivity contribution < 1.29 is 22.3 Å². The van der Waals surface area contributed by atoms with Gasteiger partial charge in [0.1, 0.15) is 17.6 Å². The molecule has 0 aliphatic rings. The second-order valence-corrected chi connectivity index (χ2v) is 4.03. The van der Waals surface area contributed by atoms with Gasteiger partial charge in [-0.3, -0.25) is 0 Å². The predicted octanol–water partition coefficient (Wildman–Crippen LogP) is 3.79. The number of nitriles is 1. The van der Waals surface area contributed by atoms with Crippen molar-refractivity contribution in [2.24, 2.45) is 0 Å². The molecule has 1 aromatic rings. The van der Waals surface area contributed by atoms with Gasteiger partial charge in [0.2, 0.25) is 0 Å². The fraction of sp³-hybridized carbons (Fsp3) is 0.300. The van der Waals surface area contributed by atoms with E-state index in [1.54, 1.807) is 6.07 Å². The standard InChI is InChI=1S/C10H6BrF4NO/c1-5(10(13,14)15)17-9-3-7(11)8(12)2-6(9)4-16/h2-3,5H,1H3/t5-/m0/s1. The third kappa shape index (κ3) is 3.33. The first-order valence-electron chi connectivity index (χ1n) is 4.38. The minimum Gasteiger partial charge on any atom is -0.480 e. The van der Waals surface area contributed by atoms with Gasteiger partial charge in [-0.1, -0.05) is 0 Å². The van der Waals surface area contributed by atoms with Crippen molar-refractivity contribution in [1.29, 1.82) is 5.26 Å². The van der Waals surface area contributed by atoms with Crippen LogP contribution in [0.25, 0.3) is 0 Å². The molecule has 0 amide bonds. The third-order valence-corrected chi connectivity index (χ3v) is 2.52. The van der Waals surface area contributed by atoms with E-state index in [4.69, 9.17) is 5.26 Å². The van der Waals surface area contributed by atoms with Crippen molar-refractivity contribution in [3.8, 4) is 11.8 Å². The van der Waals surface area contributed by atoms with Crippen LogP contribution in [-0.2, 0) is 0 Å². The minimum atomic E-state index is -4.55. The normalized spacial score (nSPS) is 13.0. The predicted molar refractivity (Wildman–Crippen MR) is 55.0 cm³/mol. The number of rotatable bonds is 2. The average Bonchev–Trinajstić information content (AvgIpc) is 2.21. The molecule has 17 heavy (non-hydrogen) atoms. The van der Waals surface area contributed by atoms with Crippen LogP contribution in [0.15, 0.2) is 16.6 Å². The van der Waals surface area contributed by atoms with Gasteiger partial charge < -0.3 is 4.74 Å². The summed E-state index contributed by atoms with van der Waals surface area (Å²) in [7, 11) is 0. The number of nitrogens with zero attached hydrogens (tertiary/aromatic N) is 1. The lowest BCUT2D eigenvalue weighted by molar-refractivity contribution is -0.189. The highest BCUT2D eigenvalue weighted by Gasteiger charge is 2.38. The van der Waals surface area contributed by atoms with Crippen LogP contribution in [0.2, 0.25) is 0 Å². The quantitative estimate of drug-likeness (QED) is 0.779. The molecule has 92 valence electrons. The highest BCUT2D eigenvalue weighted by Crippen LogP contribution is 2.30. The number of ether oxygens (including phenoxy) is 1. The average molecular weight is 312 g/mol. The molecular formula is C10H6BrF4NO. The maximum Gasteiger partial charge on any atom is 0.425 e. The zero-order chi connectivity index (χ0) is 13.2. The first kappa shape index (κ1) is 13.8. The van der Waals surface area contributed by atoms with Gasteiger partial charge in [0.25, 0.3) is 0 Å². The molecule has 0 bridgehead atoms. The highest BCUT2D eigenvalue weighted by molar-refractivity contribution is 9.10. The Labute approximate surface area is 103 Å². The molecule has 0 spiro atoms. The largest absolute Gasteiger partial charge is 0.480 e. The lowest BCUT2D eigenvalue weighted by Crippen LogP contribution is -2.31. The van der Waals surface area contributed by atoms with E-state index in [9.17, 15) is 17.6 Å². The topological polar surface area (TPSA) is 33.0 Å². The lowest BCUT2D eigenvalue weighted by Gasteiger charge is -2.18. The molecule has 0 aliphatic heterocycles. The Hall–Kier alpha value is -1.29. The summed E-state index contributed by atoms with van der Waals surface area (Å²) in [6.45, 7) is 0.804. The van der Waals surface area contributed by atoms with E-state index in [0.717, 1.165) is 19.1 Å². The molecule has 0 radical (unpaired) electrons. The Morgan fingerprint density at radius 2 is 2.00 bits per heavy atom. The lowest BCUT2D eigenvalue weighted by atomic mass is 10.2. The summed E-state index contributed by atoms with van der Waals surface area (Å²) in [4.78, 5) is 0. The summed E-state index contributed by atoms with van der Waals surface area (Å²) in [6.07, 6.45) is -6.62. The number of halogens is 5. The van der Waals surface area contributed by atoms with Crippen LogP contribution in [0.3, 0.4) is 0 Å². The van der Waals surface area contributed by atoms with Crippen LogP contribution in [0.4, 0.5) is 17.6 Å². The van der Waals surface area contributed by atoms with Gasteiger partial charge in [0, 0.05) is 0 Å². The molecular weight excluding hydrogens is 306 g/mol. The summed E-state index contributed by atoms with van der Waals surface area (Å²) in [5, 5.41) is 8.66. The molecule has 1 rings (SSSR count). The van der Waals surface area contributed by atoms with Crippen molar-refractivity contribution in [1.82, 2.24) is 0 Å². The molecule has 1 aromatic carbocycles.